The molecule has 0 unspecified atom stereocenters. The van der Waals surface area contributed by atoms with E-state index in [0.29, 0.717) is 16.8 Å². The lowest BCUT2D eigenvalue weighted by Crippen LogP contribution is -2.44. The van der Waals surface area contributed by atoms with Crippen LogP contribution in [0.4, 0.5) is 0 Å². The van der Waals surface area contributed by atoms with Crippen LogP contribution in [-0.2, 0) is 29.2 Å². The van der Waals surface area contributed by atoms with Crippen LogP contribution in [-0.4, -0.2) is 36.7 Å². The maximum absolute atomic E-state index is 13.9. The number of furan rings is 1. The molecule has 3 heterocycles. The third kappa shape index (κ3) is 5.56. The molecule has 5 aromatic rings. The Labute approximate surface area is 213 Å². The first kappa shape index (κ1) is 23.9. The Hall–Kier alpha value is -4.79. The topological polar surface area (TPSA) is 106 Å². The van der Waals surface area contributed by atoms with Crippen molar-refractivity contribution in [3.8, 4) is 0 Å². The second kappa shape index (κ2) is 10.9. The zero-order valence-corrected chi connectivity index (χ0v) is 20.3. The number of carbonyl (C=O) groups excluding carboxylic acids is 2. The number of aromatic nitrogens is 4. The highest BCUT2D eigenvalue weighted by molar-refractivity contribution is 5.89. The van der Waals surface area contributed by atoms with E-state index in [0.717, 1.165) is 16.6 Å². The lowest BCUT2D eigenvalue weighted by Gasteiger charge is -2.31. The van der Waals surface area contributed by atoms with Gasteiger partial charge in [-0.3, -0.25) is 14.6 Å². The van der Waals surface area contributed by atoms with E-state index in [1.807, 2.05) is 55.5 Å². The second-order valence-corrected chi connectivity index (χ2v) is 8.72. The summed E-state index contributed by atoms with van der Waals surface area (Å²) >= 11 is 0. The van der Waals surface area contributed by atoms with E-state index in [4.69, 9.17) is 4.42 Å². The van der Waals surface area contributed by atoms with Crippen molar-refractivity contribution in [2.24, 2.45) is 0 Å². The van der Waals surface area contributed by atoms with Crippen LogP contribution in [0.2, 0.25) is 0 Å². The van der Waals surface area contributed by atoms with Crippen LogP contribution >= 0.6 is 0 Å². The Morgan fingerprint density at radius 3 is 2.54 bits per heavy atom. The molecule has 0 spiro atoms. The van der Waals surface area contributed by atoms with Crippen LogP contribution in [0.5, 0.6) is 0 Å². The first-order valence-corrected chi connectivity index (χ1v) is 11.9. The number of aryl methyl sites for hydroxylation is 1. The number of nitrogens with one attached hydrogen (secondary N) is 1. The number of fused-ring (bicyclic) bond motifs is 1. The highest BCUT2D eigenvalue weighted by Crippen LogP contribution is 2.25. The zero-order chi connectivity index (χ0) is 25.6. The van der Waals surface area contributed by atoms with Gasteiger partial charge in [-0.1, -0.05) is 47.2 Å². The first-order valence-electron chi connectivity index (χ1n) is 11.9. The average molecular weight is 495 g/mol. The Kier molecular flexibility index (Phi) is 7.02. The van der Waals surface area contributed by atoms with E-state index in [9.17, 15) is 9.59 Å². The number of carbonyl (C=O) groups is 2. The van der Waals surface area contributed by atoms with Crippen molar-refractivity contribution < 1.29 is 14.0 Å². The number of benzene rings is 2. The van der Waals surface area contributed by atoms with Gasteiger partial charge in [-0.05, 0) is 54.4 Å². The monoisotopic (exact) mass is 494 g/mol. The van der Waals surface area contributed by atoms with Crippen molar-refractivity contribution >= 4 is 22.8 Å². The molecule has 5 rings (SSSR count). The van der Waals surface area contributed by atoms with E-state index < -0.39 is 6.04 Å². The van der Waals surface area contributed by atoms with Gasteiger partial charge < -0.3 is 14.6 Å². The minimum Gasteiger partial charge on any atom is -0.467 e. The first-order chi connectivity index (χ1) is 18.1. The summed E-state index contributed by atoms with van der Waals surface area (Å²) in [6.07, 6.45) is 4.78. The molecule has 0 bridgehead atoms. The highest BCUT2D eigenvalue weighted by Gasteiger charge is 2.32. The summed E-state index contributed by atoms with van der Waals surface area (Å²) in [6.45, 7) is 2.37. The number of pyridine rings is 1. The molecule has 0 saturated heterocycles. The number of hydrogen-bond acceptors (Lipinski definition) is 6. The van der Waals surface area contributed by atoms with E-state index in [-0.39, 0.29) is 31.4 Å². The Morgan fingerprint density at radius 2 is 1.78 bits per heavy atom. The molecule has 9 heteroatoms. The number of nitrogens with zero attached hydrogens (tertiary/aromatic N) is 5. The minimum atomic E-state index is -0.901. The number of rotatable bonds is 9. The van der Waals surface area contributed by atoms with E-state index in [2.05, 4.69) is 20.6 Å². The molecule has 1 N–H and O–H groups in total. The molecule has 0 aliphatic rings. The van der Waals surface area contributed by atoms with Crippen molar-refractivity contribution in [3.05, 3.63) is 114 Å². The predicted octanol–water partition coefficient (Wildman–Crippen LogP) is 3.81. The van der Waals surface area contributed by atoms with Gasteiger partial charge in [0.05, 0.1) is 18.3 Å². The number of para-hydroxylation sites is 1. The molecular weight excluding hydrogens is 468 g/mol. The molecule has 3 aromatic heterocycles. The fraction of sp³-hybridized carbons (Fsp3) is 0.179. The molecule has 0 fully saturated rings. The SMILES string of the molecule is Cc1ccc(CN(C(=O)Cn2nnc3ccccc32)[C@H](C(=O)NCc2ccco2)c2ccncc2)cc1. The van der Waals surface area contributed by atoms with Gasteiger partial charge in [0.15, 0.2) is 0 Å². The molecule has 186 valence electrons. The lowest BCUT2D eigenvalue weighted by atomic mass is 10.0. The van der Waals surface area contributed by atoms with E-state index >= 15 is 0 Å². The summed E-state index contributed by atoms with van der Waals surface area (Å²) in [5.41, 5.74) is 4.10. The largest absolute Gasteiger partial charge is 0.467 e. The molecule has 1 atom stereocenters. The lowest BCUT2D eigenvalue weighted by molar-refractivity contribution is -0.142. The Bertz CT molecular complexity index is 1480. The molecule has 0 radical (unpaired) electrons. The van der Waals surface area contributed by atoms with Gasteiger partial charge in [-0.2, -0.15) is 0 Å². The molecule has 0 saturated carbocycles. The van der Waals surface area contributed by atoms with Crippen LogP contribution in [0.1, 0.15) is 28.5 Å². The second-order valence-electron chi connectivity index (χ2n) is 8.72. The van der Waals surface area contributed by atoms with Gasteiger partial charge in [-0.15, -0.1) is 5.10 Å². The molecular formula is C28H26N6O3. The zero-order valence-electron chi connectivity index (χ0n) is 20.3. The molecule has 0 aliphatic carbocycles. The van der Waals surface area contributed by atoms with Crippen molar-refractivity contribution in [2.75, 3.05) is 0 Å². The van der Waals surface area contributed by atoms with Gasteiger partial charge >= 0.3 is 0 Å². The van der Waals surface area contributed by atoms with Gasteiger partial charge in [0.1, 0.15) is 23.9 Å². The summed E-state index contributed by atoms with van der Waals surface area (Å²) < 4.78 is 6.93. The Balaban J connectivity index is 1.50. The summed E-state index contributed by atoms with van der Waals surface area (Å²) in [6, 6.07) is 21.5. The standard InChI is InChI=1S/C28H26N6O3/c1-20-8-10-21(11-9-20)18-33(26(35)19-34-25-7-3-2-6-24(25)31-32-34)27(22-12-14-29-15-13-22)28(36)30-17-23-5-4-16-37-23/h2-16,27H,17-19H2,1H3,(H,30,36)/t27-/m0/s1. The average Bonchev–Trinajstić information content (AvgIpc) is 3.59. The smallest absolute Gasteiger partial charge is 0.247 e. The van der Waals surface area contributed by atoms with Crippen molar-refractivity contribution in [1.29, 1.82) is 0 Å². The maximum Gasteiger partial charge on any atom is 0.247 e. The summed E-state index contributed by atoms with van der Waals surface area (Å²) in [4.78, 5) is 33.2. The molecule has 0 aliphatic heterocycles. The normalized spacial score (nSPS) is 11.8. The molecule has 2 aromatic carbocycles. The van der Waals surface area contributed by atoms with Crippen LogP contribution in [0.25, 0.3) is 11.0 Å². The summed E-state index contributed by atoms with van der Waals surface area (Å²) in [5.74, 6) is 0.0185. The van der Waals surface area contributed by atoms with E-state index in [1.54, 1.807) is 52.5 Å². The summed E-state index contributed by atoms with van der Waals surface area (Å²) in [7, 11) is 0. The van der Waals surface area contributed by atoms with Crippen molar-refractivity contribution in [2.45, 2.75) is 32.6 Å². The van der Waals surface area contributed by atoms with Gasteiger partial charge in [0.2, 0.25) is 11.8 Å². The number of hydrogen-bond donors (Lipinski definition) is 1. The quantitative estimate of drug-likeness (QED) is 0.334. The Morgan fingerprint density at radius 1 is 1.00 bits per heavy atom. The van der Waals surface area contributed by atoms with Crippen LogP contribution in [0.15, 0.2) is 95.9 Å². The van der Waals surface area contributed by atoms with E-state index in [1.165, 1.54) is 0 Å². The van der Waals surface area contributed by atoms with Crippen molar-refractivity contribution in [3.63, 3.8) is 0 Å². The van der Waals surface area contributed by atoms with Crippen molar-refractivity contribution in [1.82, 2.24) is 30.2 Å². The predicted molar refractivity (Wildman–Crippen MR) is 137 cm³/mol. The third-order valence-corrected chi connectivity index (χ3v) is 6.10. The van der Waals surface area contributed by atoms with Crippen LogP contribution in [0.3, 0.4) is 0 Å². The highest BCUT2D eigenvalue weighted by atomic mass is 16.3. The minimum absolute atomic E-state index is 0.0700. The fourth-order valence-corrected chi connectivity index (χ4v) is 4.17. The summed E-state index contributed by atoms with van der Waals surface area (Å²) in [5, 5.41) is 11.3. The number of amides is 2. The van der Waals surface area contributed by atoms with Crippen LogP contribution in [0, 0.1) is 6.92 Å². The molecule has 37 heavy (non-hydrogen) atoms. The molecule has 9 nitrogen and oxygen atoms in total. The fourth-order valence-electron chi connectivity index (χ4n) is 4.17. The maximum atomic E-state index is 13.9. The van der Waals surface area contributed by atoms with Crippen LogP contribution < -0.4 is 5.32 Å². The van der Waals surface area contributed by atoms with Gasteiger partial charge in [0, 0.05) is 18.9 Å². The van der Waals surface area contributed by atoms with Gasteiger partial charge in [0.25, 0.3) is 0 Å². The van der Waals surface area contributed by atoms with Gasteiger partial charge in [-0.25, -0.2) is 4.68 Å². The molecule has 2 amide bonds. The third-order valence-electron chi connectivity index (χ3n) is 6.10.